The van der Waals surface area contributed by atoms with Crippen molar-refractivity contribution >= 4 is 17.5 Å². The largest absolute Gasteiger partial charge is 1.00 e. The molecule has 22 heavy (non-hydrogen) atoms. The lowest BCUT2D eigenvalue weighted by atomic mass is 10.0. The Bertz CT molecular complexity index is 786. The van der Waals surface area contributed by atoms with Crippen molar-refractivity contribution in [1.82, 2.24) is 14.9 Å². The van der Waals surface area contributed by atoms with Crippen molar-refractivity contribution in [3.05, 3.63) is 78.1 Å². The molecule has 0 saturated heterocycles. The van der Waals surface area contributed by atoms with E-state index in [4.69, 9.17) is 5.10 Å². The number of thioether (sulfide) groups is 1. The van der Waals surface area contributed by atoms with E-state index in [-0.39, 0.29) is 17.7 Å². The van der Waals surface area contributed by atoms with Gasteiger partial charge in [0.05, 0.1) is 11.0 Å². The lowest BCUT2D eigenvalue weighted by Crippen LogP contribution is -3.00. The van der Waals surface area contributed by atoms with Crippen molar-refractivity contribution in [2.45, 2.75) is 10.4 Å². The van der Waals surface area contributed by atoms with E-state index in [0.29, 0.717) is 0 Å². The molecule has 4 nitrogen and oxygen atoms in total. The molecule has 0 radical (unpaired) electrons. The Morgan fingerprint density at radius 1 is 0.909 bits per heavy atom. The normalized spacial score (nSPS) is 16.4. The molecule has 0 fully saturated rings. The van der Waals surface area contributed by atoms with Crippen molar-refractivity contribution < 1.29 is 12.4 Å². The van der Waals surface area contributed by atoms with E-state index in [1.807, 2.05) is 24.3 Å². The summed E-state index contributed by atoms with van der Waals surface area (Å²) in [7, 11) is 0. The van der Waals surface area contributed by atoms with Gasteiger partial charge in [-0.25, -0.2) is 0 Å². The van der Waals surface area contributed by atoms with Gasteiger partial charge in [0, 0.05) is 0 Å². The topological polar surface area (TPSA) is 43.1 Å². The highest BCUT2D eigenvalue weighted by Crippen LogP contribution is 2.40. The third-order valence-electron chi connectivity index (χ3n) is 3.36. The van der Waals surface area contributed by atoms with Gasteiger partial charge in [-0.3, -0.25) is 0 Å². The maximum atomic E-state index is 4.72. The maximum absolute atomic E-state index is 4.72. The fourth-order valence-corrected chi connectivity index (χ4v) is 3.46. The summed E-state index contributed by atoms with van der Waals surface area (Å²) in [5.74, 6) is 0. The molecule has 110 valence electrons. The van der Waals surface area contributed by atoms with Gasteiger partial charge in [0.2, 0.25) is 5.16 Å². The van der Waals surface area contributed by atoms with E-state index in [2.05, 4.69) is 46.6 Å². The second-order valence-electron chi connectivity index (χ2n) is 4.72. The van der Waals surface area contributed by atoms with Crippen LogP contribution in [0.1, 0.15) is 16.4 Å². The predicted octanol–water partition coefficient (Wildman–Crippen LogP) is 0.381. The van der Waals surface area contributed by atoms with Crippen LogP contribution in [0.2, 0.25) is 0 Å². The summed E-state index contributed by atoms with van der Waals surface area (Å²) >= 11 is 1.68. The van der Waals surface area contributed by atoms with Crippen LogP contribution < -0.4 is 12.4 Å². The minimum absolute atomic E-state index is 0. The summed E-state index contributed by atoms with van der Waals surface area (Å²) < 4.78 is 1.74. The van der Waals surface area contributed by atoms with Crippen molar-refractivity contribution in [3.63, 3.8) is 0 Å². The number of nitrogens with zero attached hydrogens (tertiary/aromatic N) is 4. The summed E-state index contributed by atoms with van der Waals surface area (Å²) in [5.41, 5.74) is 3.37. The van der Waals surface area contributed by atoms with E-state index in [9.17, 15) is 0 Å². The molecule has 2 heterocycles. The van der Waals surface area contributed by atoms with Crippen LogP contribution in [0.25, 0.3) is 0 Å². The van der Waals surface area contributed by atoms with E-state index >= 15 is 0 Å². The average Bonchev–Trinajstić information content (AvgIpc) is 3.03. The van der Waals surface area contributed by atoms with Gasteiger partial charge < -0.3 is 12.4 Å². The van der Waals surface area contributed by atoms with Gasteiger partial charge in [-0.05, 0) is 11.1 Å². The number of hydrogen-bond acceptors (Lipinski definition) is 4. The number of halogens is 1. The molecule has 1 unspecified atom stereocenters. The zero-order valence-electron chi connectivity index (χ0n) is 11.5. The first kappa shape index (κ1) is 14.8. The van der Waals surface area contributed by atoms with Gasteiger partial charge in [0.15, 0.2) is 0 Å². The van der Waals surface area contributed by atoms with Gasteiger partial charge in [-0.2, -0.15) is 9.78 Å². The molecule has 0 spiro atoms. The highest BCUT2D eigenvalue weighted by molar-refractivity contribution is 8.00. The van der Waals surface area contributed by atoms with Crippen molar-refractivity contribution in [2.24, 2.45) is 5.10 Å². The van der Waals surface area contributed by atoms with Crippen LogP contribution >= 0.6 is 11.8 Å². The van der Waals surface area contributed by atoms with Crippen molar-refractivity contribution in [2.75, 3.05) is 0 Å². The molecule has 1 atom stereocenters. The summed E-state index contributed by atoms with van der Waals surface area (Å²) in [4.78, 5) is 0. The molecular formula is C16H12ClN4S-. The summed E-state index contributed by atoms with van der Waals surface area (Å²) in [6, 6.07) is 20.6. The highest BCUT2D eigenvalue weighted by atomic mass is 35.5. The molecule has 0 aliphatic carbocycles. The van der Waals surface area contributed by atoms with Crippen molar-refractivity contribution in [3.8, 4) is 0 Å². The van der Waals surface area contributed by atoms with Crippen LogP contribution in [-0.2, 0) is 0 Å². The monoisotopic (exact) mass is 327 g/mol. The van der Waals surface area contributed by atoms with E-state index in [1.165, 1.54) is 5.56 Å². The van der Waals surface area contributed by atoms with Gasteiger partial charge in [-0.1, -0.05) is 72.4 Å². The molecule has 0 N–H and O–H groups in total. The Morgan fingerprint density at radius 3 is 2.32 bits per heavy atom. The molecule has 6 heteroatoms. The molecular weight excluding hydrogens is 316 g/mol. The van der Waals surface area contributed by atoms with E-state index in [1.54, 1.807) is 22.8 Å². The third kappa shape index (κ3) is 2.65. The van der Waals surface area contributed by atoms with Crippen LogP contribution in [0.5, 0.6) is 0 Å². The summed E-state index contributed by atoms with van der Waals surface area (Å²) in [5, 5.41) is 13.7. The number of hydrogen-bond donors (Lipinski definition) is 0. The number of aromatic nitrogens is 3. The maximum Gasteiger partial charge on any atom is 0.212 e. The Hall–Kier alpha value is -2.11. The van der Waals surface area contributed by atoms with Gasteiger partial charge in [0.25, 0.3) is 0 Å². The first-order chi connectivity index (χ1) is 10.4. The Labute approximate surface area is 138 Å². The summed E-state index contributed by atoms with van der Waals surface area (Å²) in [6.45, 7) is 0. The molecule has 1 aliphatic heterocycles. The van der Waals surface area contributed by atoms with Crippen LogP contribution in [0.4, 0.5) is 0 Å². The zero-order valence-corrected chi connectivity index (χ0v) is 13.1. The first-order valence-electron chi connectivity index (χ1n) is 6.68. The Morgan fingerprint density at radius 2 is 1.59 bits per heavy atom. The highest BCUT2D eigenvalue weighted by Gasteiger charge is 2.27. The minimum Gasteiger partial charge on any atom is -1.00 e. The average molecular weight is 328 g/mol. The van der Waals surface area contributed by atoms with Crippen LogP contribution in [-0.4, -0.2) is 20.6 Å². The molecule has 1 aromatic heterocycles. The predicted molar refractivity (Wildman–Crippen MR) is 83.4 cm³/mol. The molecule has 3 aromatic rings. The van der Waals surface area contributed by atoms with Crippen molar-refractivity contribution in [1.29, 1.82) is 0 Å². The van der Waals surface area contributed by atoms with Gasteiger partial charge in [0.1, 0.15) is 6.33 Å². The van der Waals surface area contributed by atoms with Crippen LogP contribution in [0, 0.1) is 0 Å². The number of fused-ring (bicyclic) bond motifs is 1. The third-order valence-corrected chi connectivity index (χ3v) is 4.57. The van der Waals surface area contributed by atoms with Crippen LogP contribution in [0.15, 0.2) is 77.2 Å². The zero-order chi connectivity index (χ0) is 14.1. The molecule has 0 bridgehead atoms. The molecule has 1 aliphatic rings. The molecule has 0 saturated carbocycles. The number of benzene rings is 2. The molecule has 4 rings (SSSR count). The molecule has 0 amide bonds. The quantitative estimate of drug-likeness (QED) is 0.683. The van der Waals surface area contributed by atoms with E-state index in [0.717, 1.165) is 16.4 Å². The second-order valence-corrected chi connectivity index (χ2v) is 5.79. The van der Waals surface area contributed by atoms with Gasteiger partial charge in [-0.15, -0.1) is 10.2 Å². The fourth-order valence-electron chi connectivity index (χ4n) is 2.37. The SMILES string of the molecule is [Cl-].c1ccc(C2=Nn3cnnc3SC2c2ccccc2)cc1. The Kier molecular flexibility index (Phi) is 4.27. The van der Waals surface area contributed by atoms with E-state index < -0.39 is 0 Å². The number of rotatable bonds is 2. The van der Waals surface area contributed by atoms with Crippen LogP contribution in [0.3, 0.4) is 0 Å². The standard InChI is InChI=1S/C16H12N4S.ClH/c1-3-7-12(8-4-1)14-15(13-9-5-2-6-10-13)21-16-18-17-11-20(16)19-14;/h1-11,15H;1H/p-1. The smallest absolute Gasteiger partial charge is 0.212 e. The fraction of sp³-hybridized carbons (Fsp3) is 0.0625. The summed E-state index contributed by atoms with van der Waals surface area (Å²) in [6.07, 6.45) is 1.65. The molecule has 2 aromatic carbocycles. The lowest BCUT2D eigenvalue weighted by molar-refractivity contribution is -0.00000419. The minimum atomic E-state index is 0. The van der Waals surface area contributed by atoms with Gasteiger partial charge >= 0.3 is 0 Å². The first-order valence-corrected chi connectivity index (χ1v) is 7.56. The Balaban J connectivity index is 0.00000144. The lowest BCUT2D eigenvalue weighted by Gasteiger charge is -2.22. The second kappa shape index (κ2) is 6.34.